The van der Waals surface area contributed by atoms with Crippen molar-refractivity contribution in [2.24, 2.45) is 5.73 Å². The summed E-state index contributed by atoms with van der Waals surface area (Å²) in [7, 11) is 0. The summed E-state index contributed by atoms with van der Waals surface area (Å²) in [6.45, 7) is 3.59. The quantitative estimate of drug-likeness (QED) is 0.487. The van der Waals surface area contributed by atoms with Crippen molar-refractivity contribution >= 4 is 0 Å². The maximum atomic E-state index is 9.01. The zero-order chi connectivity index (χ0) is 6.85. The molecule has 1 aliphatic carbocycles. The molecule has 0 aromatic carbocycles. The van der Waals surface area contributed by atoms with Gasteiger partial charge in [-0.25, -0.2) is 0 Å². The van der Waals surface area contributed by atoms with Gasteiger partial charge in [0.2, 0.25) is 0 Å². The van der Waals surface area contributed by atoms with Gasteiger partial charge in [0.1, 0.15) is 0 Å². The maximum Gasteiger partial charge on any atom is 0.0970 e. The normalized spacial score (nSPS) is 26.1. The van der Waals surface area contributed by atoms with Crippen LogP contribution in [0.4, 0.5) is 0 Å². The first-order valence-corrected chi connectivity index (χ1v) is 2.72. The molecule has 0 radical (unpaired) electrons. The zero-order valence-electron chi connectivity index (χ0n) is 5.04. The SMILES string of the molecule is C=C1C=C(N)C=CC1O. The molecule has 0 aromatic heterocycles. The smallest absolute Gasteiger partial charge is 0.0970 e. The molecule has 1 aliphatic rings. The van der Waals surface area contributed by atoms with Crippen LogP contribution < -0.4 is 5.73 Å². The van der Waals surface area contributed by atoms with Crippen LogP contribution in [0.2, 0.25) is 0 Å². The lowest BCUT2D eigenvalue weighted by atomic mass is 10.1. The molecule has 0 saturated carbocycles. The third kappa shape index (κ3) is 1.21. The number of aliphatic hydroxyl groups excluding tert-OH is 1. The number of hydrogen-bond donors (Lipinski definition) is 2. The zero-order valence-corrected chi connectivity index (χ0v) is 5.04. The summed E-state index contributed by atoms with van der Waals surface area (Å²) < 4.78 is 0. The van der Waals surface area contributed by atoms with E-state index in [1.165, 1.54) is 0 Å². The first-order valence-electron chi connectivity index (χ1n) is 2.72. The molecule has 2 heteroatoms. The van der Waals surface area contributed by atoms with Crippen molar-refractivity contribution in [2.45, 2.75) is 6.10 Å². The number of rotatable bonds is 0. The van der Waals surface area contributed by atoms with Crippen molar-refractivity contribution in [3.05, 3.63) is 36.1 Å². The fourth-order valence-corrected chi connectivity index (χ4v) is 0.673. The van der Waals surface area contributed by atoms with Gasteiger partial charge in [0.15, 0.2) is 0 Å². The molecule has 0 saturated heterocycles. The molecule has 3 N–H and O–H groups in total. The molecule has 9 heavy (non-hydrogen) atoms. The van der Waals surface area contributed by atoms with E-state index in [0.29, 0.717) is 11.3 Å². The molecule has 1 rings (SSSR count). The van der Waals surface area contributed by atoms with E-state index in [0.717, 1.165) is 0 Å². The van der Waals surface area contributed by atoms with Crippen molar-refractivity contribution in [2.75, 3.05) is 0 Å². The molecule has 2 nitrogen and oxygen atoms in total. The average Bonchev–Trinajstić information content (AvgIpc) is 1.80. The predicted octanol–water partition coefficient (Wildman–Crippen LogP) is 0.316. The second-order valence-corrected chi connectivity index (χ2v) is 2.02. The molecule has 0 aromatic rings. The van der Waals surface area contributed by atoms with Crippen molar-refractivity contribution in [1.29, 1.82) is 0 Å². The minimum atomic E-state index is -0.544. The highest BCUT2D eigenvalue weighted by molar-refractivity contribution is 5.36. The van der Waals surface area contributed by atoms with E-state index >= 15 is 0 Å². The molecule has 1 unspecified atom stereocenters. The highest BCUT2D eigenvalue weighted by atomic mass is 16.3. The Morgan fingerprint density at radius 3 is 2.78 bits per heavy atom. The van der Waals surface area contributed by atoms with Crippen LogP contribution in [0.1, 0.15) is 0 Å². The molecule has 0 heterocycles. The number of allylic oxidation sites excluding steroid dienone is 1. The van der Waals surface area contributed by atoms with Crippen LogP contribution in [-0.4, -0.2) is 11.2 Å². The Morgan fingerprint density at radius 1 is 1.67 bits per heavy atom. The average molecular weight is 123 g/mol. The van der Waals surface area contributed by atoms with Crippen LogP contribution >= 0.6 is 0 Å². The summed E-state index contributed by atoms with van der Waals surface area (Å²) in [5.74, 6) is 0. The largest absolute Gasteiger partial charge is 0.399 e. The fourth-order valence-electron chi connectivity index (χ4n) is 0.673. The Balaban J connectivity index is 2.82. The van der Waals surface area contributed by atoms with Crippen LogP contribution in [0.3, 0.4) is 0 Å². The molecule has 1 atom stereocenters. The standard InChI is InChI=1S/C7H9NO/c1-5-4-6(8)2-3-7(5)9/h2-4,7,9H,1,8H2. The third-order valence-corrected chi connectivity index (χ3v) is 1.20. The molecule has 0 aliphatic heterocycles. The molecular weight excluding hydrogens is 114 g/mol. The van der Waals surface area contributed by atoms with Crippen LogP contribution in [0.25, 0.3) is 0 Å². The van der Waals surface area contributed by atoms with Gasteiger partial charge in [-0.05, 0) is 23.8 Å². The Morgan fingerprint density at radius 2 is 2.33 bits per heavy atom. The van der Waals surface area contributed by atoms with Gasteiger partial charge in [-0.15, -0.1) is 0 Å². The first-order chi connectivity index (χ1) is 4.20. The Kier molecular flexibility index (Phi) is 1.40. The number of hydrogen-bond acceptors (Lipinski definition) is 2. The van der Waals surface area contributed by atoms with Gasteiger partial charge in [-0.1, -0.05) is 6.58 Å². The number of nitrogens with two attached hydrogens (primary N) is 1. The highest BCUT2D eigenvalue weighted by Gasteiger charge is 2.05. The summed E-state index contributed by atoms with van der Waals surface area (Å²) in [5.41, 5.74) is 6.68. The van der Waals surface area contributed by atoms with Gasteiger partial charge in [0, 0.05) is 5.70 Å². The second-order valence-electron chi connectivity index (χ2n) is 2.02. The second kappa shape index (κ2) is 2.07. The Labute approximate surface area is 54.0 Å². The van der Waals surface area contributed by atoms with Gasteiger partial charge >= 0.3 is 0 Å². The topological polar surface area (TPSA) is 46.2 Å². The van der Waals surface area contributed by atoms with Crippen LogP contribution in [-0.2, 0) is 0 Å². The molecule has 0 fully saturated rings. The van der Waals surface area contributed by atoms with E-state index in [2.05, 4.69) is 6.58 Å². The Bertz CT molecular complexity index is 191. The lowest BCUT2D eigenvalue weighted by Gasteiger charge is -2.09. The van der Waals surface area contributed by atoms with Crippen molar-refractivity contribution in [3.63, 3.8) is 0 Å². The van der Waals surface area contributed by atoms with Crippen LogP contribution in [0.5, 0.6) is 0 Å². The predicted molar refractivity (Wildman–Crippen MR) is 36.6 cm³/mol. The first kappa shape index (κ1) is 6.11. The van der Waals surface area contributed by atoms with Crippen LogP contribution in [0.15, 0.2) is 36.1 Å². The lowest BCUT2D eigenvalue weighted by Crippen LogP contribution is -2.10. The van der Waals surface area contributed by atoms with Gasteiger partial charge in [-0.2, -0.15) is 0 Å². The molecule has 0 amide bonds. The third-order valence-electron chi connectivity index (χ3n) is 1.20. The maximum absolute atomic E-state index is 9.01. The highest BCUT2D eigenvalue weighted by Crippen LogP contribution is 2.10. The summed E-state index contributed by atoms with van der Waals surface area (Å²) >= 11 is 0. The van der Waals surface area contributed by atoms with Gasteiger partial charge in [0.05, 0.1) is 6.10 Å². The lowest BCUT2D eigenvalue weighted by molar-refractivity contribution is 0.262. The van der Waals surface area contributed by atoms with E-state index in [9.17, 15) is 0 Å². The monoisotopic (exact) mass is 123 g/mol. The van der Waals surface area contributed by atoms with E-state index in [1.54, 1.807) is 18.2 Å². The van der Waals surface area contributed by atoms with Crippen molar-refractivity contribution in [1.82, 2.24) is 0 Å². The molecule has 0 spiro atoms. The van der Waals surface area contributed by atoms with E-state index in [-0.39, 0.29) is 0 Å². The molecule has 0 bridgehead atoms. The van der Waals surface area contributed by atoms with Crippen molar-refractivity contribution in [3.8, 4) is 0 Å². The minimum absolute atomic E-state index is 0.544. The Hall–Kier alpha value is -1.02. The summed E-state index contributed by atoms with van der Waals surface area (Å²) in [6.07, 6.45) is 4.39. The summed E-state index contributed by atoms with van der Waals surface area (Å²) in [4.78, 5) is 0. The minimum Gasteiger partial charge on any atom is -0.399 e. The molecular formula is C7H9NO. The van der Waals surface area contributed by atoms with Crippen LogP contribution in [0, 0.1) is 0 Å². The summed E-state index contributed by atoms with van der Waals surface area (Å²) in [6, 6.07) is 0. The van der Waals surface area contributed by atoms with E-state index < -0.39 is 6.10 Å². The van der Waals surface area contributed by atoms with E-state index in [1.807, 2.05) is 0 Å². The fraction of sp³-hybridized carbons (Fsp3) is 0.143. The van der Waals surface area contributed by atoms with Crippen molar-refractivity contribution < 1.29 is 5.11 Å². The molecule has 48 valence electrons. The van der Waals surface area contributed by atoms with E-state index in [4.69, 9.17) is 10.8 Å². The summed E-state index contributed by atoms with van der Waals surface area (Å²) in [5, 5.41) is 9.01. The van der Waals surface area contributed by atoms with Gasteiger partial charge < -0.3 is 10.8 Å². The number of aliphatic hydroxyl groups is 1. The van der Waals surface area contributed by atoms with Gasteiger partial charge in [0.25, 0.3) is 0 Å². The van der Waals surface area contributed by atoms with Gasteiger partial charge in [-0.3, -0.25) is 0 Å².